The lowest BCUT2D eigenvalue weighted by Gasteiger charge is -2.17. The normalized spacial score (nSPS) is 14.8. The Morgan fingerprint density at radius 3 is 2.46 bits per heavy atom. The van der Waals surface area contributed by atoms with Crippen molar-refractivity contribution in [1.29, 1.82) is 0 Å². The van der Waals surface area contributed by atoms with E-state index in [0.717, 1.165) is 11.8 Å². The molecule has 0 saturated carbocycles. The van der Waals surface area contributed by atoms with Gasteiger partial charge in [0.1, 0.15) is 6.29 Å². The summed E-state index contributed by atoms with van der Waals surface area (Å²) >= 11 is 4.30. The second-order valence-electron chi connectivity index (χ2n) is 2.68. The monoisotopic (exact) mass is 191 g/mol. The standard InChI is InChI=1S/C9H10BNOS/c10-11-8(6-12)9(13)7-4-2-1-3-5-7/h1-6,8-9,11,13H/t8-,9-/m1/s1. The van der Waals surface area contributed by atoms with Gasteiger partial charge in [0.15, 0.2) is 7.98 Å². The van der Waals surface area contributed by atoms with E-state index < -0.39 is 6.04 Å². The van der Waals surface area contributed by atoms with Crippen LogP contribution in [0.15, 0.2) is 30.3 Å². The SMILES string of the molecule is [B]N[C@H](C=O)[C@H](S)c1ccccc1. The highest BCUT2D eigenvalue weighted by atomic mass is 32.1. The summed E-state index contributed by atoms with van der Waals surface area (Å²) in [6.45, 7) is 0. The Hall–Kier alpha value is -0.735. The smallest absolute Gasteiger partial charge is 0.178 e. The minimum atomic E-state index is -0.453. The van der Waals surface area contributed by atoms with Gasteiger partial charge in [0, 0.05) is 5.25 Å². The molecule has 2 radical (unpaired) electrons. The van der Waals surface area contributed by atoms with E-state index in [4.69, 9.17) is 7.98 Å². The van der Waals surface area contributed by atoms with Gasteiger partial charge in [-0.15, -0.1) is 0 Å². The molecule has 66 valence electrons. The maximum Gasteiger partial charge on any atom is 0.178 e. The van der Waals surface area contributed by atoms with Gasteiger partial charge in [-0.25, -0.2) is 0 Å². The number of hydrogen-bond donors (Lipinski definition) is 2. The van der Waals surface area contributed by atoms with Crippen LogP contribution in [-0.4, -0.2) is 20.3 Å². The molecule has 0 aromatic heterocycles. The third-order valence-corrected chi connectivity index (χ3v) is 2.44. The summed E-state index contributed by atoms with van der Waals surface area (Å²) in [6, 6.07) is 9.08. The Morgan fingerprint density at radius 1 is 1.38 bits per heavy atom. The van der Waals surface area contributed by atoms with Crippen molar-refractivity contribution in [2.45, 2.75) is 11.3 Å². The van der Waals surface area contributed by atoms with Crippen molar-refractivity contribution < 1.29 is 4.79 Å². The van der Waals surface area contributed by atoms with Crippen molar-refractivity contribution in [3.63, 3.8) is 0 Å². The first-order valence-electron chi connectivity index (χ1n) is 3.94. The Bertz CT molecular complexity index is 268. The molecule has 0 spiro atoms. The van der Waals surface area contributed by atoms with Crippen LogP contribution in [0.2, 0.25) is 0 Å². The molecule has 2 nitrogen and oxygen atoms in total. The molecule has 0 bridgehead atoms. The number of carbonyl (C=O) groups is 1. The molecule has 0 aliphatic heterocycles. The van der Waals surface area contributed by atoms with Crippen molar-refractivity contribution in [3.8, 4) is 0 Å². The minimum absolute atomic E-state index is 0.205. The van der Waals surface area contributed by atoms with E-state index in [1.165, 1.54) is 0 Å². The summed E-state index contributed by atoms with van der Waals surface area (Å²) in [5.41, 5.74) is 0.973. The van der Waals surface area contributed by atoms with E-state index in [1.807, 2.05) is 30.3 Å². The number of aldehydes is 1. The van der Waals surface area contributed by atoms with Crippen LogP contribution in [0, 0.1) is 0 Å². The minimum Gasteiger partial charge on any atom is -0.357 e. The second kappa shape index (κ2) is 5.09. The van der Waals surface area contributed by atoms with E-state index >= 15 is 0 Å². The molecule has 4 heteroatoms. The highest BCUT2D eigenvalue weighted by Crippen LogP contribution is 2.21. The molecular weight excluding hydrogens is 181 g/mol. The fourth-order valence-corrected chi connectivity index (χ4v) is 1.39. The highest BCUT2D eigenvalue weighted by molar-refractivity contribution is 7.80. The van der Waals surface area contributed by atoms with Gasteiger partial charge in [-0.1, -0.05) is 30.3 Å². The van der Waals surface area contributed by atoms with Crippen LogP contribution in [0.4, 0.5) is 0 Å². The Labute approximate surface area is 84.6 Å². The van der Waals surface area contributed by atoms with Gasteiger partial charge < -0.3 is 10.0 Å². The first kappa shape index (κ1) is 10.3. The fourth-order valence-electron chi connectivity index (χ4n) is 1.06. The molecule has 0 fully saturated rings. The molecule has 0 unspecified atom stereocenters. The summed E-state index contributed by atoms with van der Waals surface area (Å²) in [4.78, 5) is 10.6. The van der Waals surface area contributed by atoms with Crippen LogP contribution in [0.3, 0.4) is 0 Å². The van der Waals surface area contributed by atoms with Crippen molar-refractivity contribution in [2.75, 3.05) is 0 Å². The van der Waals surface area contributed by atoms with E-state index in [9.17, 15) is 4.79 Å². The van der Waals surface area contributed by atoms with Crippen LogP contribution in [0.5, 0.6) is 0 Å². The van der Waals surface area contributed by atoms with Crippen LogP contribution in [0.25, 0.3) is 0 Å². The number of thiol groups is 1. The van der Waals surface area contributed by atoms with E-state index in [2.05, 4.69) is 17.9 Å². The average Bonchev–Trinajstić information content (AvgIpc) is 2.21. The quantitative estimate of drug-likeness (QED) is 0.420. The van der Waals surface area contributed by atoms with Crippen LogP contribution in [0.1, 0.15) is 10.8 Å². The van der Waals surface area contributed by atoms with Crippen molar-refractivity contribution in [1.82, 2.24) is 5.23 Å². The van der Waals surface area contributed by atoms with E-state index in [0.29, 0.717) is 0 Å². The molecule has 0 heterocycles. The number of carbonyl (C=O) groups excluding carboxylic acids is 1. The predicted molar refractivity (Wildman–Crippen MR) is 56.9 cm³/mol. The maximum absolute atomic E-state index is 10.6. The zero-order valence-corrected chi connectivity index (χ0v) is 7.95. The van der Waals surface area contributed by atoms with Crippen LogP contribution >= 0.6 is 12.6 Å². The maximum atomic E-state index is 10.6. The summed E-state index contributed by atoms with van der Waals surface area (Å²) in [5, 5.41) is 2.20. The van der Waals surface area contributed by atoms with Crippen molar-refractivity contribution >= 4 is 26.9 Å². The lowest BCUT2D eigenvalue weighted by atomic mass is 10.1. The van der Waals surface area contributed by atoms with Gasteiger partial charge in [0.05, 0.1) is 6.04 Å². The summed E-state index contributed by atoms with van der Waals surface area (Å²) in [7, 11) is 5.19. The third kappa shape index (κ3) is 2.61. The first-order chi connectivity index (χ1) is 6.29. The van der Waals surface area contributed by atoms with Gasteiger partial charge in [0.2, 0.25) is 0 Å². The molecule has 0 aliphatic carbocycles. The number of nitrogens with one attached hydrogen (secondary N) is 1. The molecule has 13 heavy (non-hydrogen) atoms. The number of rotatable bonds is 4. The molecule has 0 aliphatic rings. The molecule has 1 aromatic rings. The van der Waals surface area contributed by atoms with Gasteiger partial charge in [-0.3, -0.25) is 0 Å². The van der Waals surface area contributed by atoms with Gasteiger partial charge in [-0.05, 0) is 5.56 Å². The van der Waals surface area contributed by atoms with Gasteiger partial charge in [0.25, 0.3) is 0 Å². The van der Waals surface area contributed by atoms with E-state index in [-0.39, 0.29) is 5.25 Å². The predicted octanol–water partition coefficient (Wildman–Crippen LogP) is 0.898. The Morgan fingerprint density at radius 2 is 2.00 bits per heavy atom. The van der Waals surface area contributed by atoms with Gasteiger partial charge >= 0.3 is 0 Å². The third-order valence-electron chi connectivity index (χ3n) is 1.82. The van der Waals surface area contributed by atoms with Crippen molar-refractivity contribution in [2.24, 2.45) is 0 Å². The number of benzene rings is 1. The summed E-state index contributed by atoms with van der Waals surface area (Å²) in [6.07, 6.45) is 0.755. The van der Waals surface area contributed by atoms with Crippen LogP contribution in [-0.2, 0) is 4.79 Å². The van der Waals surface area contributed by atoms with Crippen molar-refractivity contribution in [3.05, 3.63) is 35.9 Å². The first-order valence-corrected chi connectivity index (χ1v) is 4.45. The zero-order valence-electron chi connectivity index (χ0n) is 7.05. The lowest BCUT2D eigenvalue weighted by Crippen LogP contribution is -2.32. The lowest BCUT2D eigenvalue weighted by molar-refractivity contribution is -0.109. The zero-order chi connectivity index (χ0) is 9.68. The molecule has 1 rings (SSSR count). The largest absolute Gasteiger partial charge is 0.357 e. The fraction of sp³-hybridized carbons (Fsp3) is 0.222. The topological polar surface area (TPSA) is 29.1 Å². The molecule has 2 atom stereocenters. The number of hydrogen-bond acceptors (Lipinski definition) is 3. The second-order valence-corrected chi connectivity index (χ2v) is 3.24. The Balaban J connectivity index is 2.77. The Kier molecular flexibility index (Phi) is 4.05. The molecule has 0 saturated heterocycles. The highest BCUT2D eigenvalue weighted by Gasteiger charge is 2.15. The summed E-state index contributed by atoms with van der Waals surface area (Å²) in [5.74, 6) is 0. The molecular formula is C9H10BNOS. The summed E-state index contributed by atoms with van der Waals surface area (Å²) < 4.78 is 0. The molecule has 1 N–H and O–H groups in total. The molecule has 1 aromatic carbocycles. The van der Waals surface area contributed by atoms with Crippen LogP contribution < -0.4 is 5.23 Å². The van der Waals surface area contributed by atoms with Gasteiger partial charge in [-0.2, -0.15) is 12.6 Å². The molecule has 0 amide bonds. The average molecular weight is 191 g/mol. The van der Waals surface area contributed by atoms with E-state index in [1.54, 1.807) is 0 Å².